The number of ether oxygens (including phenoxy) is 1. The van der Waals surface area contributed by atoms with E-state index >= 15 is 0 Å². The average Bonchev–Trinajstić information content (AvgIpc) is 3.09. The molecule has 0 aliphatic heterocycles. The molecular weight excluding hydrogens is 246 g/mol. The van der Waals surface area contributed by atoms with Crippen LogP contribution >= 0.6 is 11.3 Å². The number of nitrogens with zero attached hydrogens (tertiary/aromatic N) is 1. The molecule has 3 rings (SSSR count). The Morgan fingerprint density at radius 2 is 2.00 bits per heavy atom. The Morgan fingerprint density at radius 3 is 2.67 bits per heavy atom. The van der Waals surface area contributed by atoms with Crippen LogP contribution in [0.5, 0.6) is 5.75 Å². The van der Waals surface area contributed by atoms with Crippen LogP contribution < -0.4 is 4.74 Å². The normalized spacial score (nSPS) is 10.5. The maximum atomic E-state index is 5.33. The van der Waals surface area contributed by atoms with Crippen LogP contribution in [0.4, 0.5) is 0 Å². The van der Waals surface area contributed by atoms with Crippen molar-refractivity contribution in [3.63, 3.8) is 0 Å². The number of rotatable bonds is 3. The Balaban J connectivity index is 1.92. The lowest BCUT2D eigenvalue weighted by molar-refractivity contribution is 0.415. The first-order valence-corrected chi connectivity index (χ1v) is 6.38. The lowest BCUT2D eigenvalue weighted by Gasteiger charge is -2.00. The minimum absolute atomic E-state index is 0.797. The van der Waals surface area contributed by atoms with E-state index in [9.17, 15) is 0 Å². The molecule has 0 bridgehead atoms. The summed E-state index contributed by atoms with van der Waals surface area (Å²) in [5, 5.41) is 2.97. The second-order valence-electron chi connectivity index (χ2n) is 3.74. The van der Waals surface area contributed by atoms with Crippen molar-refractivity contribution in [2.45, 2.75) is 0 Å². The smallest absolute Gasteiger partial charge is 0.153 e. The molecule has 2 aromatic heterocycles. The van der Waals surface area contributed by atoms with E-state index in [0.717, 1.165) is 27.8 Å². The molecule has 90 valence electrons. The van der Waals surface area contributed by atoms with Gasteiger partial charge in [-0.15, -0.1) is 11.3 Å². The fraction of sp³-hybridized carbons (Fsp3) is 0.0714. The zero-order valence-electron chi connectivity index (χ0n) is 9.79. The van der Waals surface area contributed by atoms with Crippen molar-refractivity contribution < 1.29 is 9.15 Å². The van der Waals surface area contributed by atoms with Crippen LogP contribution in [0.1, 0.15) is 0 Å². The molecule has 3 aromatic rings. The highest BCUT2D eigenvalue weighted by Gasteiger charge is 2.08. The first kappa shape index (κ1) is 11.0. The topological polar surface area (TPSA) is 35.3 Å². The van der Waals surface area contributed by atoms with Crippen molar-refractivity contribution in [3.05, 3.63) is 48.0 Å². The Morgan fingerprint density at radius 1 is 1.17 bits per heavy atom. The quantitative estimate of drug-likeness (QED) is 0.709. The van der Waals surface area contributed by atoms with E-state index in [4.69, 9.17) is 9.15 Å². The summed E-state index contributed by atoms with van der Waals surface area (Å²) in [4.78, 5) is 4.56. The molecule has 0 aliphatic rings. The molecule has 2 heterocycles. The van der Waals surface area contributed by atoms with Crippen LogP contribution in [-0.2, 0) is 0 Å². The van der Waals surface area contributed by atoms with Gasteiger partial charge in [-0.3, -0.25) is 0 Å². The molecule has 0 atom stereocenters. The molecule has 4 heteroatoms. The van der Waals surface area contributed by atoms with Gasteiger partial charge in [-0.1, -0.05) is 0 Å². The van der Waals surface area contributed by atoms with Crippen molar-refractivity contribution in [3.8, 4) is 27.8 Å². The van der Waals surface area contributed by atoms with E-state index in [1.165, 1.54) is 0 Å². The molecule has 0 aliphatic carbocycles. The zero-order valence-corrected chi connectivity index (χ0v) is 10.6. The van der Waals surface area contributed by atoms with Crippen molar-refractivity contribution in [1.82, 2.24) is 4.98 Å². The summed E-state index contributed by atoms with van der Waals surface area (Å²) in [5.41, 5.74) is 1.95. The predicted octanol–water partition coefficient (Wildman–Crippen LogP) is 4.08. The highest BCUT2D eigenvalue weighted by atomic mass is 32.1. The van der Waals surface area contributed by atoms with Crippen LogP contribution in [0.25, 0.3) is 22.0 Å². The average molecular weight is 257 g/mol. The molecule has 1 aromatic carbocycles. The Hall–Kier alpha value is -2.07. The summed E-state index contributed by atoms with van der Waals surface area (Å²) in [6, 6.07) is 11.6. The first-order valence-electron chi connectivity index (χ1n) is 5.50. The first-order chi connectivity index (χ1) is 8.86. The molecule has 0 saturated heterocycles. The lowest BCUT2D eigenvalue weighted by Crippen LogP contribution is -1.82. The maximum Gasteiger partial charge on any atom is 0.153 e. The second kappa shape index (κ2) is 4.66. The number of benzene rings is 1. The van der Waals surface area contributed by atoms with Crippen molar-refractivity contribution in [1.29, 1.82) is 0 Å². The number of hydrogen-bond donors (Lipinski definition) is 0. The van der Waals surface area contributed by atoms with Crippen molar-refractivity contribution in [2.75, 3.05) is 7.11 Å². The fourth-order valence-electron chi connectivity index (χ4n) is 1.68. The fourth-order valence-corrected chi connectivity index (χ4v) is 2.49. The number of hydrogen-bond acceptors (Lipinski definition) is 4. The van der Waals surface area contributed by atoms with Gasteiger partial charge in [0.2, 0.25) is 0 Å². The predicted molar refractivity (Wildman–Crippen MR) is 71.8 cm³/mol. The number of methoxy groups -OCH3 is 1. The molecule has 3 nitrogen and oxygen atoms in total. The van der Waals surface area contributed by atoms with Crippen molar-refractivity contribution >= 4 is 11.3 Å². The molecule has 0 saturated carbocycles. The van der Waals surface area contributed by atoms with Crippen molar-refractivity contribution in [2.24, 2.45) is 0 Å². The summed E-state index contributed by atoms with van der Waals surface area (Å²) in [7, 11) is 1.66. The molecule has 0 N–H and O–H groups in total. The van der Waals surface area contributed by atoms with Crippen LogP contribution in [0, 0.1) is 0 Å². The Labute approximate surface area is 109 Å². The highest BCUT2D eigenvalue weighted by Crippen LogP contribution is 2.29. The number of furan rings is 1. The van der Waals surface area contributed by atoms with Gasteiger partial charge in [0.25, 0.3) is 0 Å². The maximum absolute atomic E-state index is 5.33. The van der Waals surface area contributed by atoms with E-state index in [1.807, 2.05) is 41.8 Å². The van der Waals surface area contributed by atoms with Gasteiger partial charge in [0.15, 0.2) is 5.76 Å². The molecular formula is C14H11NO2S. The lowest BCUT2D eigenvalue weighted by atomic mass is 10.2. The second-order valence-corrected chi connectivity index (χ2v) is 4.60. The van der Waals surface area contributed by atoms with Crippen LogP contribution in [0.3, 0.4) is 0 Å². The summed E-state index contributed by atoms with van der Waals surface area (Å²) >= 11 is 1.60. The van der Waals surface area contributed by atoms with E-state index in [-0.39, 0.29) is 0 Å². The Kier molecular flexibility index (Phi) is 2.86. The zero-order chi connectivity index (χ0) is 12.4. The minimum atomic E-state index is 0.797. The van der Waals surface area contributed by atoms with Gasteiger partial charge in [-0.2, -0.15) is 0 Å². The van der Waals surface area contributed by atoms with Crippen LogP contribution in [0.2, 0.25) is 0 Å². The number of thiazole rings is 1. The summed E-state index contributed by atoms with van der Waals surface area (Å²) < 4.78 is 10.5. The van der Waals surface area contributed by atoms with Gasteiger partial charge in [0.1, 0.15) is 16.5 Å². The molecule has 0 unspecified atom stereocenters. The van der Waals surface area contributed by atoms with Gasteiger partial charge in [0.05, 0.1) is 13.4 Å². The number of aromatic nitrogens is 1. The molecule has 0 spiro atoms. The van der Waals surface area contributed by atoms with E-state index < -0.39 is 0 Å². The van der Waals surface area contributed by atoms with Crippen LogP contribution in [-0.4, -0.2) is 12.1 Å². The third-order valence-electron chi connectivity index (χ3n) is 2.61. The van der Waals surface area contributed by atoms with Gasteiger partial charge in [-0.05, 0) is 36.4 Å². The summed E-state index contributed by atoms with van der Waals surface area (Å²) in [5.74, 6) is 1.65. The van der Waals surface area contributed by atoms with Gasteiger partial charge in [-0.25, -0.2) is 4.98 Å². The molecule has 0 radical (unpaired) electrons. The molecule has 18 heavy (non-hydrogen) atoms. The van der Waals surface area contributed by atoms with E-state index in [1.54, 1.807) is 24.7 Å². The Bertz CT molecular complexity index is 626. The largest absolute Gasteiger partial charge is 0.497 e. The highest BCUT2D eigenvalue weighted by molar-refractivity contribution is 7.13. The van der Waals surface area contributed by atoms with E-state index in [0.29, 0.717) is 0 Å². The third kappa shape index (κ3) is 2.02. The monoisotopic (exact) mass is 257 g/mol. The molecule has 0 amide bonds. The third-order valence-corrected chi connectivity index (χ3v) is 3.51. The minimum Gasteiger partial charge on any atom is -0.497 e. The van der Waals surface area contributed by atoms with Gasteiger partial charge >= 0.3 is 0 Å². The standard InChI is InChI=1S/C14H11NO2S/c1-16-11-6-4-10(5-7-11)14-15-12(9-18-14)13-3-2-8-17-13/h2-9H,1H3. The van der Waals surface area contributed by atoms with E-state index in [2.05, 4.69) is 4.98 Å². The van der Waals surface area contributed by atoms with Crippen LogP contribution in [0.15, 0.2) is 52.5 Å². The summed E-state index contributed by atoms with van der Waals surface area (Å²) in [6.07, 6.45) is 1.65. The SMILES string of the molecule is COc1ccc(-c2nc(-c3ccco3)cs2)cc1. The van der Waals surface area contributed by atoms with Gasteiger partial charge in [0, 0.05) is 10.9 Å². The summed E-state index contributed by atoms with van der Waals surface area (Å²) in [6.45, 7) is 0. The molecule has 0 fully saturated rings. The van der Waals surface area contributed by atoms with Gasteiger partial charge < -0.3 is 9.15 Å².